The van der Waals surface area contributed by atoms with Gasteiger partial charge in [-0.1, -0.05) is 26.8 Å². The summed E-state index contributed by atoms with van der Waals surface area (Å²) in [6, 6.07) is 0. The molecule has 88 valence electrons. The van der Waals surface area contributed by atoms with Crippen molar-refractivity contribution in [2.45, 2.75) is 20.8 Å². The first kappa shape index (κ1) is 12.8. The maximum atomic E-state index is 11.7. The summed E-state index contributed by atoms with van der Waals surface area (Å²) in [4.78, 5) is 34.6. The number of nitrogens with zero attached hydrogens (tertiary/aromatic N) is 1. The van der Waals surface area contributed by atoms with Crippen LogP contribution in [-0.2, 0) is 9.59 Å². The molecule has 0 aliphatic carbocycles. The average Bonchev–Trinajstić information content (AvgIpc) is 2.29. The molecular weight excluding hydrogens is 230 g/mol. The molecule has 0 spiro atoms. The van der Waals surface area contributed by atoms with Crippen LogP contribution in [0, 0.1) is 5.41 Å². The Morgan fingerprint density at radius 3 is 2.44 bits per heavy atom. The number of imide groups is 1. The second-order valence-corrected chi connectivity index (χ2v) is 5.52. The molecule has 6 heteroatoms. The number of hydrogen-bond acceptors (Lipinski definition) is 4. The lowest BCUT2D eigenvalue weighted by Gasteiger charge is -2.12. The van der Waals surface area contributed by atoms with Crippen molar-refractivity contribution in [3.05, 3.63) is 11.0 Å². The summed E-state index contributed by atoms with van der Waals surface area (Å²) in [6.45, 7) is 5.13. The molecule has 16 heavy (non-hydrogen) atoms. The highest BCUT2D eigenvalue weighted by molar-refractivity contribution is 8.18. The lowest BCUT2D eigenvalue weighted by atomic mass is 9.96. The van der Waals surface area contributed by atoms with Crippen LogP contribution < -0.4 is 0 Å². The molecule has 0 unspecified atom stereocenters. The highest BCUT2D eigenvalue weighted by Gasteiger charge is 2.36. The number of carbonyl (C=O) groups is 3. The van der Waals surface area contributed by atoms with Gasteiger partial charge in [-0.2, -0.15) is 0 Å². The lowest BCUT2D eigenvalue weighted by molar-refractivity contribution is -0.140. The molecule has 1 heterocycles. The molecule has 0 aromatic carbocycles. The van der Waals surface area contributed by atoms with E-state index >= 15 is 0 Å². The van der Waals surface area contributed by atoms with E-state index in [1.54, 1.807) is 6.08 Å². The van der Waals surface area contributed by atoms with Gasteiger partial charge < -0.3 is 5.11 Å². The molecular formula is C10H13NO4S. The molecule has 1 N–H and O–H groups in total. The first-order valence-corrected chi connectivity index (χ1v) is 5.51. The van der Waals surface area contributed by atoms with Crippen LogP contribution in [0.1, 0.15) is 20.8 Å². The third kappa shape index (κ3) is 3.10. The van der Waals surface area contributed by atoms with E-state index in [9.17, 15) is 14.4 Å². The number of hydrogen-bond donors (Lipinski definition) is 1. The van der Waals surface area contributed by atoms with Crippen molar-refractivity contribution in [3.8, 4) is 0 Å². The molecule has 1 saturated heterocycles. The topological polar surface area (TPSA) is 74.7 Å². The zero-order valence-electron chi connectivity index (χ0n) is 9.31. The highest BCUT2D eigenvalue weighted by Crippen LogP contribution is 2.33. The summed E-state index contributed by atoms with van der Waals surface area (Å²) in [5.41, 5.74) is -0.225. The maximum Gasteiger partial charge on any atom is 0.323 e. The zero-order chi connectivity index (χ0) is 12.5. The van der Waals surface area contributed by atoms with Crippen molar-refractivity contribution in [1.82, 2.24) is 4.90 Å². The molecule has 1 aliphatic heterocycles. The van der Waals surface area contributed by atoms with Gasteiger partial charge in [0.05, 0.1) is 4.91 Å². The average molecular weight is 243 g/mol. The molecule has 1 rings (SSSR count). The lowest BCUT2D eigenvalue weighted by Crippen LogP contribution is -2.33. The fourth-order valence-corrected chi connectivity index (χ4v) is 2.22. The van der Waals surface area contributed by atoms with Gasteiger partial charge in [-0.25, -0.2) is 0 Å². The van der Waals surface area contributed by atoms with E-state index in [2.05, 4.69) is 0 Å². The summed E-state index contributed by atoms with van der Waals surface area (Å²) in [5, 5.41) is 8.03. The molecule has 0 atom stereocenters. The van der Waals surface area contributed by atoms with Crippen molar-refractivity contribution in [1.29, 1.82) is 0 Å². The molecule has 0 aromatic rings. The predicted octanol–water partition coefficient (Wildman–Crippen LogP) is 1.70. The molecule has 0 bridgehead atoms. The second-order valence-electron chi connectivity index (χ2n) is 4.53. The Balaban J connectivity index is 2.91. The fourth-order valence-electron chi connectivity index (χ4n) is 1.16. The summed E-state index contributed by atoms with van der Waals surface area (Å²) in [5.74, 6) is -1.72. The van der Waals surface area contributed by atoms with Gasteiger partial charge in [0.1, 0.15) is 6.54 Å². The Bertz CT molecular complexity index is 381. The first-order chi connectivity index (χ1) is 7.20. The van der Waals surface area contributed by atoms with Gasteiger partial charge in [0.25, 0.3) is 11.1 Å². The maximum absolute atomic E-state index is 11.7. The summed E-state index contributed by atoms with van der Waals surface area (Å²) in [6.07, 6.45) is 1.68. The largest absolute Gasteiger partial charge is 0.480 e. The van der Waals surface area contributed by atoms with Crippen LogP contribution in [0.5, 0.6) is 0 Å². The number of thioether (sulfide) groups is 1. The SMILES string of the molecule is CC(C)(C)C=C1SC(=O)N(CC(=O)O)C1=O. The minimum absolute atomic E-state index is 0.225. The van der Waals surface area contributed by atoms with Crippen LogP contribution in [0.3, 0.4) is 0 Å². The molecule has 0 aromatic heterocycles. The Hall–Kier alpha value is -1.30. The number of allylic oxidation sites excluding steroid dienone is 1. The van der Waals surface area contributed by atoms with Crippen LogP contribution in [0.2, 0.25) is 0 Å². The normalized spacial score (nSPS) is 19.7. The van der Waals surface area contributed by atoms with Crippen LogP contribution in [0.25, 0.3) is 0 Å². The van der Waals surface area contributed by atoms with E-state index in [-0.39, 0.29) is 5.41 Å². The molecule has 1 fully saturated rings. The van der Waals surface area contributed by atoms with E-state index in [0.717, 1.165) is 16.7 Å². The molecule has 0 saturated carbocycles. The molecule has 5 nitrogen and oxygen atoms in total. The summed E-state index contributed by atoms with van der Waals surface area (Å²) in [7, 11) is 0. The minimum Gasteiger partial charge on any atom is -0.480 e. The Kier molecular flexibility index (Phi) is 3.42. The van der Waals surface area contributed by atoms with Gasteiger partial charge in [-0.3, -0.25) is 19.3 Å². The van der Waals surface area contributed by atoms with E-state index in [1.165, 1.54) is 0 Å². The van der Waals surface area contributed by atoms with Crippen LogP contribution >= 0.6 is 11.8 Å². The van der Waals surface area contributed by atoms with Crippen molar-refractivity contribution >= 4 is 28.9 Å². The third-order valence-electron chi connectivity index (χ3n) is 1.73. The Morgan fingerprint density at radius 2 is 2.00 bits per heavy atom. The monoisotopic (exact) mass is 243 g/mol. The number of rotatable bonds is 2. The number of aliphatic carboxylic acids is 1. The van der Waals surface area contributed by atoms with Gasteiger partial charge in [0.15, 0.2) is 0 Å². The van der Waals surface area contributed by atoms with Gasteiger partial charge in [0.2, 0.25) is 0 Å². The molecule has 2 amide bonds. The smallest absolute Gasteiger partial charge is 0.323 e. The van der Waals surface area contributed by atoms with Crippen molar-refractivity contribution in [2.24, 2.45) is 5.41 Å². The quantitative estimate of drug-likeness (QED) is 0.747. The number of carboxylic acid groups (broad SMARTS) is 1. The Morgan fingerprint density at radius 1 is 1.44 bits per heavy atom. The van der Waals surface area contributed by atoms with Crippen molar-refractivity contribution < 1.29 is 19.5 Å². The van der Waals surface area contributed by atoms with E-state index in [1.807, 2.05) is 20.8 Å². The third-order valence-corrected chi connectivity index (χ3v) is 2.64. The highest BCUT2D eigenvalue weighted by atomic mass is 32.2. The van der Waals surface area contributed by atoms with Gasteiger partial charge >= 0.3 is 5.97 Å². The number of amides is 2. The molecule has 0 radical (unpaired) electrons. The van der Waals surface area contributed by atoms with Crippen LogP contribution in [0.15, 0.2) is 11.0 Å². The van der Waals surface area contributed by atoms with Crippen molar-refractivity contribution in [3.63, 3.8) is 0 Å². The minimum atomic E-state index is -1.20. The fraction of sp³-hybridized carbons (Fsp3) is 0.500. The van der Waals surface area contributed by atoms with Gasteiger partial charge in [-0.05, 0) is 17.2 Å². The Labute approximate surface area is 97.5 Å². The second kappa shape index (κ2) is 4.29. The molecule has 1 aliphatic rings. The van der Waals surface area contributed by atoms with Gasteiger partial charge in [-0.15, -0.1) is 0 Å². The van der Waals surface area contributed by atoms with E-state index in [0.29, 0.717) is 4.91 Å². The van der Waals surface area contributed by atoms with Crippen molar-refractivity contribution in [2.75, 3.05) is 6.54 Å². The van der Waals surface area contributed by atoms with Crippen LogP contribution in [0.4, 0.5) is 4.79 Å². The van der Waals surface area contributed by atoms with E-state index < -0.39 is 23.7 Å². The summed E-state index contributed by atoms with van der Waals surface area (Å²) < 4.78 is 0. The van der Waals surface area contributed by atoms with E-state index in [4.69, 9.17) is 5.11 Å². The first-order valence-electron chi connectivity index (χ1n) is 4.69. The van der Waals surface area contributed by atoms with Crippen LogP contribution in [-0.4, -0.2) is 33.7 Å². The zero-order valence-corrected chi connectivity index (χ0v) is 10.1. The number of carbonyl (C=O) groups excluding carboxylic acids is 2. The standard InChI is InChI=1S/C10H13NO4S/c1-10(2,3)4-6-8(14)11(5-7(12)13)9(15)16-6/h4H,5H2,1-3H3,(H,12,13). The predicted molar refractivity (Wildman–Crippen MR) is 59.9 cm³/mol. The number of carboxylic acids is 1. The van der Waals surface area contributed by atoms with Gasteiger partial charge in [0, 0.05) is 0 Å². The summed E-state index contributed by atoms with van der Waals surface area (Å²) >= 11 is 0.786.